The molecule has 0 unspecified atom stereocenters. The zero-order valence-electron chi connectivity index (χ0n) is 16.3. The zero-order valence-corrected chi connectivity index (χ0v) is 16.3. The number of rotatable bonds is 8. The van der Waals surface area contributed by atoms with E-state index in [9.17, 15) is 4.79 Å². The van der Waals surface area contributed by atoms with Gasteiger partial charge in [0, 0.05) is 52.0 Å². The van der Waals surface area contributed by atoms with Crippen LogP contribution in [-0.4, -0.2) is 52.6 Å². The number of amides is 1. The molecule has 0 aliphatic heterocycles. The van der Waals surface area contributed by atoms with Gasteiger partial charge >= 0.3 is 0 Å². The van der Waals surface area contributed by atoms with Gasteiger partial charge < -0.3 is 20.9 Å². The Labute approximate surface area is 161 Å². The summed E-state index contributed by atoms with van der Waals surface area (Å²) >= 11 is 0. The highest BCUT2D eigenvalue weighted by atomic mass is 16.1. The van der Waals surface area contributed by atoms with Crippen molar-refractivity contribution in [2.45, 2.75) is 6.42 Å². The SMILES string of the molecule is CN=C(NCCc1cccc(C(=O)NC)c1)NCCN(C)c1ccccc1. The Hall–Kier alpha value is -3.02. The molecule has 0 spiro atoms. The summed E-state index contributed by atoms with van der Waals surface area (Å²) in [7, 11) is 5.48. The minimum atomic E-state index is -0.0650. The largest absolute Gasteiger partial charge is 0.373 e. The lowest BCUT2D eigenvalue weighted by molar-refractivity contribution is 0.0963. The zero-order chi connectivity index (χ0) is 19.5. The van der Waals surface area contributed by atoms with Gasteiger partial charge in [0.25, 0.3) is 5.91 Å². The monoisotopic (exact) mass is 367 g/mol. The molecular formula is C21H29N5O. The van der Waals surface area contributed by atoms with Crippen molar-refractivity contribution in [2.24, 2.45) is 4.99 Å². The number of nitrogens with one attached hydrogen (secondary N) is 3. The topological polar surface area (TPSA) is 68.8 Å². The van der Waals surface area contributed by atoms with Gasteiger partial charge in [-0.05, 0) is 36.2 Å². The van der Waals surface area contributed by atoms with E-state index < -0.39 is 0 Å². The van der Waals surface area contributed by atoms with Crippen LogP contribution in [0.1, 0.15) is 15.9 Å². The van der Waals surface area contributed by atoms with Crippen LogP contribution in [0.2, 0.25) is 0 Å². The fourth-order valence-corrected chi connectivity index (χ4v) is 2.71. The van der Waals surface area contributed by atoms with E-state index >= 15 is 0 Å². The Bertz CT molecular complexity index is 745. The van der Waals surface area contributed by atoms with E-state index in [0.717, 1.165) is 37.6 Å². The Morgan fingerprint density at radius 1 is 1.04 bits per heavy atom. The summed E-state index contributed by atoms with van der Waals surface area (Å²) in [5.41, 5.74) is 2.99. The summed E-state index contributed by atoms with van der Waals surface area (Å²) in [5.74, 6) is 0.712. The minimum Gasteiger partial charge on any atom is -0.373 e. The predicted octanol–water partition coefficient (Wildman–Crippen LogP) is 1.89. The first kappa shape index (κ1) is 20.3. The number of carbonyl (C=O) groups excluding carboxylic acids is 1. The third-order valence-electron chi connectivity index (χ3n) is 4.28. The smallest absolute Gasteiger partial charge is 0.251 e. The quantitative estimate of drug-likeness (QED) is 0.492. The number of hydrogen-bond acceptors (Lipinski definition) is 3. The molecule has 0 radical (unpaired) electrons. The second-order valence-electron chi connectivity index (χ2n) is 6.21. The molecule has 0 aromatic heterocycles. The summed E-state index contributed by atoms with van der Waals surface area (Å²) in [4.78, 5) is 18.2. The van der Waals surface area contributed by atoms with Gasteiger partial charge in [-0.25, -0.2) is 0 Å². The molecule has 0 aliphatic carbocycles. The Morgan fingerprint density at radius 3 is 2.48 bits per heavy atom. The van der Waals surface area contributed by atoms with Crippen molar-refractivity contribution in [1.82, 2.24) is 16.0 Å². The van der Waals surface area contributed by atoms with Crippen LogP contribution in [0.25, 0.3) is 0 Å². The second-order valence-corrected chi connectivity index (χ2v) is 6.21. The molecular weight excluding hydrogens is 338 g/mol. The van der Waals surface area contributed by atoms with Crippen LogP contribution in [0.5, 0.6) is 0 Å². The molecule has 0 atom stereocenters. The molecule has 3 N–H and O–H groups in total. The summed E-state index contributed by atoms with van der Waals surface area (Å²) in [6.07, 6.45) is 0.815. The lowest BCUT2D eigenvalue weighted by Crippen LogP contribution is -2.41. The molecule has 6 nitrogen and oxygen atoms in total. The molecule has 6 heteroatoms. The van der Waals surface area contributed by atoms with Crippen molar-refractivity contribution >= 4 is 17.6 Å². The van der Waals surface area contributed by atoms with Gasteiger partial charge in [-0.15, -0.1) is 0 Å². The number of likely N-dealkylation sites (N-methyl/N-ethyl adjacent to an activating group) is 1. The van der Waals surface area contributed by atoms with Crippen LogP contribution in [-0.2, 0) is 6.42 Å². The molecule has 2 aromatic carbocycles. The second kappa shape index (κ2) is 10.9. The summed E-state index contributed by atoms with van der Waals surface area (Å²) in [5, 5.41) is 9.29. The summed E-state index contributed by atoms with van der Waals surface area (Å²) in [6.45, 7) is 2.40. The number of carbonyl (C=O) groups is 1. The first-order valence-electron chi connectivity index (χ1n) is 9.15. The minimum absolute atomic E-state index is 0.0650. The number of benzene rings is 2. The first-order valence-corrected chi connectivity index (χ1v) is 9.15. The maximum atomic E-state index is 11.7. The fraction of sp³-hybridized carbons (Fsp3) is 0.333. The molecule has 0 bridgehead atoms. The molecule has 0 heterocycles. The van der Waals surface area contributed by atoms with Gasteiger partial charge in [0.1, 0.15) is 0 Å². The van der Waals surface area contributed by atoms with Gasteiger partial charge in [-0.1, -0.05) is 30.3 Å². The van der Waals surface area contributed by atoms with Crippen LogP contribution >= 0.6 is 0 Å². The predicted molar refractivity (Wildman–Crippen MR) is 113 cm³/mol. The van der Waals surface area contributed by atoms with Gasteiger partial charge in [0.15, 0.2) is 5.96 Å². The first-order chi connectivity index (χ1) is 13.1. The standard InChI is InChI=1S/C21H29N5O/c1-22-20(27)18-9-7-8-17(16-18)12-13-24-21(23-2)25-14-15-26(3)19-10-5-4-6-11-19/h4-11,16H,12-15H2,1-3H3,(H,22,27)(H2,23,24,25). The van der Waals surface area contributed by atoms with E-state index in [0.29, 0.717) is 5.56 Å². The lowest BCUT2D eigenvalue weighted by atomic mass is 10.1. The molecule has 144 valence electrons. The highest BCUT2D eigenvalue weighted by Crippen LogP contribution is 2.09. The Morgan fingerprint density at radius 2 is 1.78 bits per heavy atom. The number of para-hydroxylation sites is 1. The van der Waals surface area contributed by atoms with Gasteiger partial charge in [0.05, 0.1) is 0 Å². The van der Waals surface area contributed by atoms with E-state index in [-0.39, 0.29) is 5.91 Å². The molecule has 27 heavy (non-hydrogen) atoms. The number of guanidine groups is 1. The average molecular weight is 367 g/mol. The maximum absolute atomic E-state index is 11.7. The van der Waals surface area contributed by atoms with Crippen LogP contribution in [0.3, 0.4) is 0 Å². The Kier molecular flexibility index (Phi) is 8.16. The van der Waals surface area contributed by atoms with E-state index in [1.54, 1.807) is 14.1 Å². The third kappa shape index (κ3) is 6.66. The van der Waals surface area contributed by atoms with Crippen molar-refractivity contribution in [3.05, 3.63) is 65.7 Å². The van der Waals surface area contributed by atoms with Gasteiger partial charge in [-0.2, -0.15) is 0 Å². The molecule has 0 fully saturated rings. The van der Waals surface area contributed by atoms with Crippen LogP contribution in [0.15, 0.2) is 59.6 Å². The molecule has 0 aliphatic rings. The third-order valence-corrected chi connectivity index (χ3v) is 4.28. The number of anilines is 1. The molecule has 0 saturated heterocycles. The van der Waals surface area contributed by atoms with Crippen molar-refractivity contribution in [3.8, 4) is 0 Å². The number of aliphatic imine (C=N–C) groups is 1. The van der Waals surface area contributed by atoms with Crippen molar-refractivity contribution in [1.29, 1.82) is 0 Å². The molecule has 2 aromatic rings. The highest BCUT2D eigenvalue weighted by Gasteiger charge is 2.04. The van der Waals surface area contributed by atoms with Crippen molar-refractivity contribution < 1.29 is 4.79 Å². The van der Waals surface area contributed by atoms with E-state index in [1.165, 1.54) is 5.69 Å². The van der Waals surface area contributed by atoms with Crippen molar-refractivity contribution in [3.63, 3.8) is 0 Å². The average Bonchev–Trinajstić information content (AvgIpc) is 2.72. The van der Waals surface area contributed by atoms with E-state index in [4.69, 9.17) is 0 Å². The van der Waals surface area contributed by atoms with Crippen LogP contribution < -0.4 is 20.9 Å². The maximum Gasteiger partial charge on any atom is 0.251 e. The summed E-state index contributed by atoms with van der Waals surface area (Å²) < 4.78 is 0. The van der Waals surface area contributed by atoms with Crippen LogP contribution in [0.4, 0.5) is 5.69 Å². The fourth-order valence-electron chi connectivity index (χ4n) is 2.71. The molecule has 2 rings (SSSR count). The highest BCUT2D eigenvalue weighted by molar-refractivity contribution is 5.94. The lowest BCUT2D eigenvalue weighted by Gasteiger charge is -2.20. The van der Waals surface area contributed by atoms with Crippen LogP contribution in [0, 0.1) is 0 Å². The van der Waals surface area contributed by atoms with E-state index in [1.807, 2.05) is 42.5 Å². The molecule has 0 saturated carbocycles. The number of nitrogens with zero attached hydrogens (tertiary/aromatic N) is 2. The summed E-state index contributed by atoms with van der Waals surface area (Å²) in [6, 6.07) is 18.0. The van der Waals surface area contributed by atoms with E-state index in [2.05, 4.69) is 45.0 Å². The van der Waals surface area contributed by atoms with Gasteiger partial charge in [0.2, 0.25) is 0 Å². The number of hydrogen-bond donors (Lipinski definition) is 3. The Balaban J connectivity index is 1.73. The van der Waals surface area contributed by atoms with Crippen molar-refractivity contribution in [2.75, 3.05) is 45.7 Å². The normalized spacial score (nSPS) is 11.0. The molecule has 1 amide bonds. The van der Waals surface area contributed by atoms with Gasteiger partial charge in [-0.3, -0.25) is 9.79 Å².